The second-order valence-electron chi connectivity index (χ2n) is 9.32. The van der Waals surface area contributed by atoms with Gasteiger partial charge in [0, 0.05) is 23.4 Å². The van der Waals surface area contributed by atoms with Gasteiger partial charge in [0.1, 0.15) is 22.7 Å². The molecule has 0 aliphatic carbocycles. The summed E-state index contributed by atoms with van der Waals surface area (Å²) in [6.07, 6.45) is 5.44. The Hall–Kier alpha value is -2.26. The van der Waals surface area contributed by atoms with Gasteiger partial charge in [-0.1, -0.05) is 44.0 Å². The van der Waals surface area contributed by atoms with Crippen LogP contribution in [0.1, 0.15) is 65.9 Å². The van der Waals surface area contributed by atoms with Gasteiger partial charge >= 0.3 is 0 Å². The molecule has 0 spiro atoms. The van der Waals surface area contributed by atoms with E-state index in [0.29, 0.717) is 6.42 Å². The third kappa shape index (κ3) is 6.11. The highest BCUT2D eigenvalue weighted by molar-refractivity contribution is 5.84. The van der Waals surface area contributed by atoms with Gasteiger partial charge in [0.05, 0.1) is 5.60 Å². The van der Waals surface area contributed by atoms with Crippen molar-refractivity contribution in [2.24, 2.45) is 0 Å². The molecule has 3 aromatic rings. The van der Waals surface area contributed by atoms with Gasteiger partial charge in [-0.2, -0.15) is 0 Å². The van der Waals surface area contributed by atoms with Gasteiger partial charge in [-0.05, 0) is 64.3 Å². The molecule has 3 nitrogen and oxygen atoms in total. The van der Waals surface area contributed by atoms with Crippen LogP contribution in [0, 0.1) is 0 Å². The van der Waals surface area contributed by atoms with E-state index in [1.54, 1.807) is 13.8 Å². The molecule has 0 fully saturated rings. The molecule has 0 radical (unpaired) electrons. The van der Waals surface area contributed by atoms with Gasteiger partial charge in [0.15, 0.2) is 0 Å². The zero-order chi connectivity index (χ0) is 21.1. The van der Waals surface area contributed by atoms with Crippen LogP contribution in [0.2, 0.25) is 0 Å². The van der Waals surface area contributed by atoms with Crippen molar-refractivity contribution >= 4 is 11.0 Å². The third-order valence-corrected chi connectivity index (χ3v) is 5.05. The SMILES string of the molecule is CCCCCc1ccc(-c2cc3ccc(OC(C)(C)CC(C)(C)O)cc3o2)cc1. The van der Waals surface area contributed by atoms with Crippen LogP contribution in [0.25, 0.3) is 22.3 Å². The van der Waals surface area contributed by atoms with Crippen molar-refractivity contribution in [3.63, 3.8) is 0 Å². The quantitative estimate of drug-likeness (QED) is 0.392. The average molecular weight is 395 g/mol. The average Bonchev–Trinajstić information content (AvgIpc) is 3.03. The largest absolute Gasteiger partial charge is 0.488 e. The molecule has 0 atom stereocenters. The van der Waals surface area contributed by atoms with Crippen molar-refractivity contribution in [1.82, 2.24) is 0 Å². The Morgan fingerprint density at radius 1 is 0.931 bits per heavy atom. The Bertz CT molecular complexity index is 927. The van der Waals surface area contributed by atoms with Gasteiger partial charge in [0.2, 0.25) is 0 Å². The lowest BCUT2D eigenvalue weighted by molar-refractivity contribution is -0.0106. The van der Waals surface area contributed by atoms with E-state index in [1.807, 2.05) is 32.0 Å². The molecule has 0 unspecified atom stereocenters. The number of rotatable bonds is 9. The number of unbranched alkanes of at least 4 members (excludes halogenated alkanes) is 2. The first-order valence-corrected chi connectivity index (χ1v) is 10.7. The normalized spacial score (nSPS) is 12.5. The van der Waals surface area contributed by atoms with Gasteiger partial charge in [-0.3, -0.25) is 0 Å². The van der Waals surface area contributed by atoms with Crippen molar-refractivity contribution in [3.8, 4) is 17.1 Å². The number of ether oxygens (including phenoxy) is 1. The smallest absolute Gasteiger partial charge is 0.138 e. The van der Waals surface area contributed by atoms with Crippen LogP contribution < -0.4 is 4.74 Å². The molecule has 3 rings (SSSR count). The van der Waals surface area contributed by atoms with Gasteiger partial charge in [-0.25, -0.2) is 0 Å². The van der Waals surface area contributed by atoms with E-state index < -0.39 is 11.2 Å². The Balaban J connectivity index is 1.75. The van der Waals surface area contributed by atoms with E-state index in [9.17, 15) is 5.11 Å². The maximum Gasteiger partial charge on any atom is 0.138 e. The van der Waals surface area contributed by atoms with E-state index in [4.69, 9.17) is 9.15 Å². The minimum atomic E-state index is -0.784. The molecule has 1 aromatic heterocycles. The number of fused-ring (bicyclic) bond motifs is 1. The van der Waals surface area contributed by atoms with E-state index in [2.05, 4.69) is 37.3 Å². The summed E-state index contributed by atoms with van der Waals surface area (Å²) in [6.45, 7) is 9.81. The molecule has 1 N–H and O–H groups in total. The number of furan rings is 1. The lowest BCUT2D eigenvalue weighted by Crippen LogP contribution is -2.37. The number of benzene rings is 2. The highest BCUT2D eigenvalue weighted by Crippen LogP contribution is 2.33. The van der Waals surface area contributed by atoms with E-state index in [1.165, 1.54) is 24.8 Å². The van der Waals surface area contributed by atoms with E-state index in [0.717, 1.165) is 34.5 Å². The van der Waals surface area contributed by atoms with Crippen molar-refractivity contribution in [3.05, 3.63) is 54.1 Å². The molecular formula is C26H34O3. The zero-order valence-corrected chi connectivity index (χ0v) is 18.4. The van der Waals surface area contributed by atoms with Crippen molar-refractivity contribution in [2.75, 3.05) is 0 Å². The first kappa shape index (κ1) is 21.4. The fraction of sp³-hybridized carbons (Fsp3) is 0.462. The van der Waals surface area contributed by atoms with Crippen LogP contribution in [-0.2, 0) is 6.42 Å². The summed E-state index contributed by atoms with van der Waals surface area (Å²) < 4.78 is 12.3. The maximum absolute atomic E-state index is 10.1. The van der Waals surface area contributed by atoms with Gasteiger partial charge in [0.25, 0.3) is 0 Å². The molecule has 0 bridgehead atoms. The lowest BCUT2D eigenvalue weighted by Gasteiger charge is -2.32. The Morgan fingerprint density at radius 3 is 2.31 bits per heavy atom. The summed E-state index contributed by atoms with van der Waals surface area (Å²) in [5, 5.41) is 11.2. The standard InChI is InChI=1S/C26H34O3/c1-6-7-8-9-19-10-12-20(13-11-19)23-16-21-14-15-22(17-24(21)28-23)29-26(4,5)18-25(2,3)27/h10-17,27H,6-9,18H2,1-5H3. The summed E-state index contributed by atoms with van der Waals surface area (Å²) in [4.78, 5) is 0. The lowest BCUT2D eigenvalue weighted by atomic mass is 9.92. The zero-order valence-electron chi connectivity index (χ0n) is 18.4. The summed E-state index contributed by atoms with van der Waals surface area (Å²) >= 11 is 0. The molecule has 3 heteroatoms. The summed E-state index contributed by atoms with van der Waals surface area (Å²) in [5.41, 5.74) is 2.01. The fourth-order valence-corrected chi connectivity index (χ4v) is 4.03. The minimum Gasteiger partial charge on any atom is -0.488 e. The molecule has 0 aliphatic heterocycles. The molecule has 2 aromatic carbocycles. The summed E-state index contributed by atoms with van der Waals surface area (Å²) in [7, 11) is 0. The van der Waals surface area contributed by atoms with Crippen molar-refractivity contribution in [2.45, 2.75) is 77.9 Å². The van der Waals surface area contributed by atoms with Crippen LogP contribution in [0.3, 0.4) is 0 Å². The van der Waals surface area contributed by atoms with Gasteiger partial charge < -0.3 is 14.3 Å². The number of hydrogen-bond acceptors (Lipinski definition) is 3. The second-order valence-corrected chi connectivity index (χ2v) is 9.32. The molecule has 0 saturated carbocycles. The Labute approximate surface area is 174 Å². The second kappa shape index (κ2) is 8.62. The van der Waals surface area contributed by atoms with Crippen LogP contribution in [0.5, 0.6) is 5.75 Å². The molecule has 1 heterocycles. The maximum atomic E-state index is 10.1. The summed E-state index contributed by atoms with van der Waals surface area (Å²) in [5.74, 6) is 1.62. The van der Waals surface area contributed by atoms with Crippen LogP contribution >= 0.6 is 0 Å². The molecule has 0 amide bonds. The molecule has 156 valence electrons. The van der Waals surface area contributed by atoms with Crippen molar-refractivity contribution < 1.29 is 14.3 Å². The predicted octanol–water partition coefficient (Wildman–Crippen LogP) is 7.15. The molecular weight excluding hydrogens is 360 g/mol. The Morgan fingerprint density at radius 2 is 1.66 bits per heavy atom. The minimum absolute atomic E-state index is 0.477. The monoisotopic (exact) mass is 394 g/mol. The third-order valence-electron chi connectivity index (χ3n) is 5.05. The predicted molar refractivity (Wildman–Crippen MR) is 121 cm³/mol. The number of aryl methyl sites for hydroxylation is 1. The van der Waals surface area contributed by atoms with Crippen LogP contribution in [0.15, 0.2) is 52.9 Å². The van der Waals surface area contributed by atoms with Gasteiger partial charge in [-0.15, -0.1) is 0 Å². The first-order valence-electron chi connectivity index (χ1n) is 10.7. The summed E-state index contributed by atoms with van der Waals surface area (Å²) in [6, 6.07) is 16.7. The van der Waals surface area contributed by atoms with E-state index >= 15 is 0 Å². The van der Waals surface area contributed by atoms with Crippen LogP contribution in [0.4, 0.5) is 0 Å². The molecule has 29 heavy (non-hydrogen) atoms. The first-order chi connectivity index (χ1) is 13.6. The fourth-order valence-electron chi connectivity index (χ4n) is 4.03. The highest BCUT2D eigenvalue weighted by atomic mass is 16.5. The molecule has 0 saturated heterocycles. The van der Waals surface area contributed by atoms with Crippen LogP contribution in [-0.4, -0.2) is 16.3 Å². The topological polar surface area (TPSA) is 42.6 Å². The highest BCUT2D eigenvalue weighted by Gasteiger charge is 2.28. The van der Waals surface area contributed by atoms with Crippen molar-refractivity contribution in [1.29, 1.82) is 0 Å². The number of hydrogen-bond donors (Lipinski definition) is 1. The van der Waals surface area contributed by atoms with E-state index in [-0.39, 0.29) is 0 Å². The number of aliphatic hydroxyl groups is 1. The molecule has 0 aliphatic rings. The Kier molecular flexibility index (Phi) is 6.38.